The molecule has 2 aromatic heterocycles. The molecule has 6 nitrogen and oxygen atoms in total. The quantitative estimate of drug-likeness (QED) is 0.773. The molecule has 3 rings (SSSR count). The van der Waals surface area contributed by atoms with Gasteiger partial charge in [-0.2, -0.15) is 4.80 Å². The van der Waals surface area contributed by atoms with Gasteiger partial charge < -0.3 is 5.32 Å². The van der Waals surface area contributed by atoms with E-state index in [1.165, 1.54) is 16.1 Å². The summed E-state index contributed by atoms with van der Waals surface area (Å²) in [7, 11) is 0. The fourth-order valence-electron chi connectivity index (χ4n) is 1.71. The highest BCUT2D eigenvalue weighted by Crippen LogP contribution is 2.19. The van der Waals surface area contributed by atoms with Crippen molar-refractivity contribution in [3.63, 3.8) is 0 Å². The molecule has 0 unspecified atom stereocenters. The molecule has 3 aromatic rings. The molecule has 0 aliphatic heterocycles. The summed E-state index contributed by atoms with van der Waals surface area (Å²) in [5.41, 5.74) is 0.716. The van der Waals surface area contributed by atoms with Gasteiger partial charge in [-0.1, -0.05) is 28.1 Å². The Morgan fingerprint density at radius 2 is 2.24 bits per heavy atom. The highest BCUT2D eigenvalue weighted by molar-refractivity contribution is 9.10. The fourth-order valence-corrected chi connectivity index (χ4v) is 2.76. The van der Waals surface area contributed by atoms with E-state index in [1.807, 2.05) is 41.8 Å². The van der Waals surface area contributed by atoms with Crippen LogP contribution < -0.4 is 5.32 Å². The Morgan fingerprint density at radius 1 is 1.33 bits per heavy atom. The van der Waals surface area contributed by atoms with Crippen LogP contribution in [0.3, 0.4) is 0 Å². The predicted molar refractivity (Wildman–Crippen MR) is 83.9 cm³/mol. The summed E-state index contributed by atoms with van der Waals surface area (Å²) in [5, 5.41) is 16.7. The first-order chi connectivity index (χ1) is 10.2. The number of hydrogen-bond donors (Lipinski definition) is 1. The van der Waals surface area contributed by atoms with E-state index in [0.29, 0.717) is 11.5 Å². The van der Waals surface area contributed by atoms with Crippen LogP contribution in [-0.4, -0.2) is 26.1 Å². The van der Waals surface area contributed by atoms with Crippen molar-refractivity contribution < 1.29 is 4.79 Å². The minimum absolute atomic E-state index is 0.0187. The summed E-state index contributed by atoms with van der Waals surface area (Å²) < 4.78 is 0.902. The maximum atomic E-state index is 11.9. The molecule has 0 radical (unpaired) electrons. The second kappa shape index (κ2) is 6.15. The minimum Gasteiger partial charge on any atom is -0.324 e. The van der Waals surface area contributed by atoms with Gasteiger partial charge in [-0.15, -0.1) is 21.5 Å². The van der Waals surface area contributed by atoms with Crippen molar-refractivity contribution in [3.8, 4) is 10.7 Å². The molecule has 0 saturated carbocycles. The van der Waals surface area contributed by atoms with E-state index in [2.05, 4.69) is 36.7 Å². The predicted octanol–water partition coefficient (Wildman–Crippen LogP) is 2.80. The zero-order valence-corrected chi connectivity index (χ0v) is 13.1. The van der Waals surface area contributed by atoms with Crippen LogP contribution in [0.4, 0.5) is 5.69 Å². The Bertz CT molecular complexity index is 756. The van der Waals surface area contributed by atoms with Crippen molar-refractivity contribution in [2.24, 2.45) is 0 Å². The average Bonchev–Trinajstić information content (AvgIpc) is 3.08. The molecule has 0 spiro atoms. The number of aromatic nitrogens is 4. The number of nitrogens with zero attached hydrogens (tertiary/aromatic N) is 4. The number of nitrogens with one attached hydrogen (secondary N) is 1. The highest BCUT2D eigenvalue weighted by Gasteiger charge is 2.10. The lowest BCUT2D eigenvalue weighted by Crippen LogP contribution is -2.20. The lowest BCUT2D eigenvalue weighted by molar-refractivity contribution is -0.117. The summed E-state index contributed by atoms with van der Waals surface area (Å²) in [6.07, 6.45) is 0. The van der Waals surface area contributed by atoms with Gasteiger partial charge in [0.25, 0.3) is 0 Å². The summed E-state index contributed by atoms with van der Waals surface area (Å²) in [6.45, 7) is 0.0187. The molecule has 0 fully saturated rings. The third-order valence-electron chi connectivity index (χ3n) is 2.59. The van der Waals surface area contributed by atoms with Crippen LogP contribution in [0, 0.1) is 0 Å². The molecule has 21 heavy (non-hydrogen) atoms. The topological polar surface area (TPSA) is 72.7 Å². The number of anilines is 1. The van der Waals surface area contributed by atoms with Gasteiger partial charge >= 0.3 is 0 Å². The summed E-state index contributed by atoms with van der Waals surface area (Å²) in [6, 6.07) is 11.2. The molecule has 0 aliphatic rings. The monoisotopic (exact) mass is 363 g/mol. The van der Waals surface area contributed by atoms with E-state index in [-0.39, 0.29) is 12.5 Å². The van der Waals surface area contributed by atoms with Gasteiger partial charge in [-0.3, -0.25) is 4.79 Å². The molecular formula is C13H10BrN5OS. The van der Waals surface area contributed by atoms with Crippen LogP contribution in [0.5, 0.6) is 0 Å². The van der Waals surface area contributed by atoms with Crippen molar-refractivity contribution in [2.75, 3.05) is 5.32 Å². The number of carbonyl (C=O) groups is 1. The molecule has 1 N–H and O–H groups in total. The van der Waals surface area contributed by atoms with Crippen LogP contribution in [0.25, 0.3) is 10.7 Å². The van der Waals surface area contributed by atoms with Crippen LogP contribution in [0.1, 0.15) is 0 Å². The van der Waals surface area contributed by atoms with Crippen LogP contribution in [0.2, 0.25) is 0 Å². The molecule has 1 aromatic carbocycles. The molecule has 0 saturated heterocycles. The van der Waals surface area contributed by atoms with E-state index in [1.54, 1.807) is 0 Å². The number of amides is 1. The van der Waals surface area contributed by atoms with Gasteiger partial charge in [0.2, 0.25) is 11.7 Å². The van der Waals surface area contributed by atoms with Gasteiger partial charge in [0.15, 0.2) is 0 Å². The summed E-state index contributed by atoms with van der Waals surface area (Å²) in [5.74, 6) is 0.323. The number of tetrazole rings is 1. The Kier molecular flexibility index (Phi) is 4.07. The normalized spacial score (nSPS) is 10.5. The van der Waals surface area contributed by atoms with Crippen molar-refractivity contribution in [3.05, 3.63) is 46.3 Å². The van der Waals surface area contributed by atoms with Gasteiger partial charge in [-0.25, -0.2) is 0 Å². The van der Waals surface area contributed by atoms with Crippen LogP contribution >= 0.6 is 27.3 Å². The average molecular weight is 364 g/mol. The maximum Gasteiger partial charge on any atom is 0.248 e. The Hall–Kier alpha value is -2.06. The SMILES string of the molecule is O=C(Cn1nnc(-c2cccs2)n1)Nc1cccc(Br)c1. The van der Waals surface area contributed by atoms with Gasteiger partial charge in [0, 0.05) is 10.2 Å². The highest BCUT2D eigenvalue weighted by atomic mass is 79.9. The Morgan fingerprint density at radius 3 is 3.00 bits per heavy atom. The van der Waals surface area contributed by atoms with Crippen molar-refractivity contribution in [2.45, 2.75) is 6.54 Å². The smallest absolute Gasteiger partial charge is 0.248 e. The Balaban J connectivity index is 1.65. The van der Waals surface area contributed by atoms with E-state index in [9.17, 15) is 4.79 Å². The second-order valence-corrected chi connectivity index (χ2v) is 6.04. The largest absolute Gasteiger partial charge is 0.324 e. The van der Waals surface area contributed by atoms with Crippen LogP contribution in [-0.2, 0) is 11.3 Å². The van der Waals surface area contributed by atoms with E-state index in [0.717, 1.165) is 9.35 Å². The zero-order chi connectivity index (χ0) is 14.7. The first-order valence-electron chi connectivity index (χ1n) is 6.08. The maximum absolute atomic E-state index is 11.9. The molecular weight excluding hydrogens is 354 g/mol. The van der Waals surface area contributed by atoms with Crippen molar-refractivity contribution >= 4 is 38.9 Å². The number of benzene rings is 1. The third kappa shape index (κ3) is 3.53. The first-order valence-corrected chi connectivity index (χ1v) is 7.75. The number of rotatable bonds is 4. The number of carbonyl (C=O) groups excluding carboxylic acids is 1. The van der Waals surface area contributed by atoms with Crippen molar-refractivity contribution in [1.82, 2.24) is 20.2 Å². The Labute approximate surface area is 132 Å². The van der Waals surface area contributed by atoms with E-state index < -0.39 is 0 Å². The molecule has 1 amide bonds. The minimum atomic E-state index is -0.205. The number of halogens is 1. The van der Waals surface area contributed by atoms with E-state index in [4.69, 9.17) is 0 Å². The molecule has 0 atom stereocenters. The molecule has 2 heterocycles. The van der Waals surface area contributed by atoms with Crippen molar-refractivity contribution in [1.29, 1.82) is 0 Å². The second-order valence-electron chi connectivity index (χ2n) is 4.18. The third-order valence-corrected chi connectivity index (χ3v) is 3.95. The van der Waals surface area contributed by atoms with Gasteiger partial charge in [0.05, 0.1) is 4.88 Å². The fraction of sp³-hybridized carbons (Fsp3) is 0.0769. The molecule has 0 bridgehead atoms. The standard InChI is InChI=1S/C13H10BrN5OS/c14-9-3-1-4-10(7-9)15-12(20)8-19-17-13(16-18-19)11-5-2-6-21-11/h1-7H,8H2,(H,15,20). The number of thiophene rings is 1. The van der Waals surface area contributed by atoms with Crippen LogP contribution in [0.15, 0.2) is 46.3 Å². The first kappa shape index (κ1) is 13.9. The lowest BCUT2D eigenvalue weighted by atomic mass is 10.3. The van der Waals surface area contributed by atoms with Gasteiger partial charge in [0.1, 0.15) is 6.54 Å². The molecule has 106 valence electrons. The van der Waals surface area contributed by atoms with E-state index >= 15 is 0 Å². The summed E-state index contributed by atoms with van der Waals surface area (Å²) in [4.78, 5) is 14.1. The molecule has 0 aliphatic carbocycles. The number of hydrogen-bond acceptors (Lipinski definition) is 5. The summed E-state index contributed by atoms with van der Waals surface area (Å²) >= 11 is 4.88. The molecule has 8 heteroatoms. The lowest BCUT2D eigenvalue weighted by Gasteiger charge is -2.04. The van der Waals surface area contributed by atoms with Gasteiger partial charge in [-0.05, 0) is 34.9 Å². The zero-order valence-electron chi connectivity index (χ0n) is 10.7.